The SMILES string of the molecule is Cc1cccn2c(=O)c3cc(C(=O)N4CCCCC4)c(N)[n+](Cc4ccco4)c3nc12. The van der Waals surface area contributed by atoms with Gasteiger partial charge >= 0.3 is 0 Å². The van der Waals surface area contributed by atoms with Gasteiger partial charge in [-0.05, 0) is 50.5 Å². The molecule has 0 aromatic carbocycles. The van der Waals surface area contributed by atoms with E-state index in [4.69, 9.17) is 15.1 Å². The van der Waals surface area contributed by atoms with Crippen LogP contribution in [0.2, 0.25) is 0 Å². The van der Waals surface area contributed by atoms with Crippen molar-refractivity contribution < 1.29 is 13.8 Å². The number of fused-ring (bicyclic) bond motifs is 2. The van der Waals surface area contributed by atoms with Gasteiger partial charge in [-0.1, -0.05) is 11.1 Å². The second-order valence-electron chi connectivity index (χ2n) is 8.00. The van der Waals surface area contributed by atoms with Crippen molar-refractivity contribution in [1.82, 2.24) is 14.3 Å². The zero-order valence-electron chi connectivity index (χ0n) is 17.4. The second kappa shape index (κ2) is 7.54. The first-order valence-corrected chi connectivity index (χ1v) is 10.5. The standard InChI is InChI=1S/C23H23N5O3/c1-15-7-5-11-27-20(15)25-21-18(23(27)30)13-17(22(29)26-9-3-2-4-10-26)19(24)28(21)14-16-8-6-12-31-16/h5-8,11-13,24H,2-4,9-10,14H2,1H3/p+1. The summed E-state index contributed by atoms with van der Waals surface area (Å²) in [5, 5.41) is 0.351. The average Bonchev–Trinajstić information content (AvgIpc) is 3.30. The summed E-state index contributed by atoms with van der Waals surface area (Å²) in [6.07, 6.45) is 6.33. The lowest BCUT2D eigenvalue weighted by atomic mass is 10.1. The van der Waals surface area contributed by atoms with Gasteiger partial charge in [-0.15, -0.1) is 0 Å². The van der Waals surface area contributed by atoms with Gasteiger partial charge in [-0.2, -0.15) is 0 Å². The van der Waals surface area contributed by atoms with Gasteiger partial charge in [-0.3, -0.25) is 14.0 Å². The maximum atomic E-state index is 13.4. The highest BCUT2D eigenvalue weighted by atomic mass is 16.3. The number of nitrogens with zero attached hydrogens (tertiary/aromatic N) is 4. The molecule has 4 aromatic heterocycles. The van der Waals surface area contributed by atoms with E-state index in [0.29, 0.717) is 41.1 Å². The molecule has 158 valence electrons. The van der Waals surface area contributed by atoms with Gasteiger partial charge in [0, 0.05) is 24.8 Å². The average molecular weight is 418 g/mol. The minimum atomic E-state index is -0.232. The normalized spacial score (nSPS) is 14.4. The molecular formula is C23H24N5O3+. The Kier molecular flexibility index (Phi) is 4.69. The number of hydrogen-bond acceptors (Lipinski definition) is 5. The summed E-state index contributed by atoms with van der Waals surface area (Å²) in [5.74, 6) is 0.790. The highest BCUT2D eigenvalue weighted by Crippen LogP contribution is 2.20. The van der Waals surface area contributed by atoms with Gasteiger partial charge in [0.25, 0.3) is 17.1 Å². The summed E-state index contributed by atoms with van der Waals surface area (Å²) in [6.45, 7) is 3.57. The monoisotopic (exact) mass is 418 g/mol. The maximum absolute atomic E-state index is 13.4. The predicted molar refractivity (Wildman–Crippen MR) is 116 cm³/mol. The van der Waals surface area contributed by atoms with Crippen LogP contribution in [0.15, 0.2) is 52.0 Å². The Morgan fingerprint density at radius 3 is 2.77 bits per heavy atom. The summed E-state index contributed by atoms with van der Waals surface area (Å²) < 4.78 is 8.74. The Morgan fingerprint density at radius 1 is 1.23 bits per heavy atom. The Hall–Kier alpha value is -3.68. The lowest BCUT2D eigenvalue weighted by Crippen LogP contribution is -2.44. The first-order valence-electron chi connectivity index (χ1n) is 10.5. The number of amides is 1. The van der Waals surface area contributed by atoms with E-state index in [1.807, 2.05) is 30.0 Å². The molecule has 1 aliphatic rings. The summed E-state index contributed by atoms with van der Waals surface area (Å²) in [6, 6.07) is 8.94. The van der Waals surface area contributed by atoms with E-state index in [2.05, 4.69) is 0 Å². The van der Waals surface area contributed by atoms with Crippen molar-refractivity contribution in [3.05, 3.63) is 70.0 Å². The molecule has 1 aliphatic heterocycles. The third kappa shape index (κ3) is 3.24. The Bertz CT molecular complexity index is 1350. The number of rotatable bonds is 3. The van der Waals surface area contributed by atoms with Crippen LogP contribution in [0.25, 0.3) is 16.7 Å². The second-order valence-corrected chi connectivity index (χ2v) is 8.00. The fourth-order valence-corrected chi connectivity index (χ4v) is 4.27. The van der Waals surface area contributed by atoms with Crippen molar-refractivity contribution in [3.8, 4) is 0 Å². The molecule has 8 heteroatoms. The molecule has 1 amide bonds. The number of pyridine rings is 2. The minimum Gasteiger partial charge on any atom is -0.466 e. The number of likely N-dealkylation sites (tertiary alicyclic amines) is 1. The van der Waals surface area contributed by atoms with E-state index in [1.54, 1.807) is 29.2 Å². The first kappa shape index (κ1) is 19.3. The van der Waals surface area contributed by atoms with Gasteiger partial charge < -0.3 is 15.1 Å². The molecule has 4 aromatic rings. The number of carbonyl (C=O) groups excluding carboxylic acids is 1. The summed E-state index contributed by atoms with van der Waals surface area (Å²) in [5.41, 5.74) is 8.49. The van der Waals surface area contributed by atoms with Crippen molar-refractivity contribution in [3.63, 3.8) is 0 Å². The van der Waals surface area contributed by atoms with Crippen LogP contribution >= 0.6 is 0 Å². The zero-order valence-corrected chi connectivity index (χ0v) is 17.4. The number of hydrogen-bond donors (Lipinski definition) is 1. The molecule has 0 atom stereocenters. The molecule has 5 heterocycles. The Morgan fingerprint density at radius 2 is 2.03 bits per heavy atom. The highest BCUT2D eigenvalue weighted by Gasteiger charge is 2.28. The number of nitrogens with two attached hydrogens (primary N) is 1. The number of carbonyl (C=O) groups is 1. The zero-order chi connectivity index (χ0) is 21.5. The van der Waals surface area contributed by atoms with Crippen LogP contribution < -0.4 is 15.9 Å². The summed E-state index contributed by atoms with van der Waals surface area (Å²) in [4.78, 5) is 33.3. The van der Waals surface area contributed by atoms with Crippen LogP contribution in [0, 0.1) is 6.92 Å². The van der Waals surface area contributed by atoms with Gasteiger partial charge in [0.15, 0.2) is 0 Å². The first-order chi connectivity index (χ1) is 15.0. The fourth-order valence-electron chi connectivity index (χ4n) is 4.27. The molecule has 8 nitrogen and oxygen atoms in total. The molecule has 0 spiro atoms. The number of furan rings is 1. The molecule has 1 fully saturated rings. The molecule has 0 aliphatic carbocycles. The number of aryl methyl sites for hydroxylation is 1. The predicted octanol–water partition coefficient (Wildman–Crippen LogP) is 2.29. The van der Waals surface area contributed by atoms with Crippen molar-refractivity contribution in [2.75, 3.05) is 18.8 Å². The van der Waals surface area contributed by atoms with Gasteiger partial charge in [0.2, 0.25) is 11.5 Å². The van der Waals surface area contributed by atoms with E-state index in [1.165, 1.54) is 4.40 Å². The molecule has 0 radical (unpaired) electrons. The van der Waals surface area contributed by atoms with Crippen LogP contribution in [0.5, 0.6) is 0 Å². The molecule has 1 saturated heterocycles. The summed E-state index contributed by atoms with van der Waals surface area (Å²) >= 11 is 0. The van der Waals surface area contributed by atoms with E-state index in [-0.39, 0.29) is 23.8 Å². The number of aromatic nitrogens is 3. The van der Waals surface area contributed by atoms with E-state index in [9.17, 15) is 9.59 Å². The molecule has 0 saturated carbocycles. The topological polar surface area (TPSA) is 97.7 Å². The Balaban J connectivity index is 1.79. The van der Waals surface area contributed by atoms with Gasteiger partial charge in [0.05, 0.1) is 6.26 Å². The van der Waals surface area contributed by atoms with Crippen molar-refractivity contribution >= 4 is 28.4 Å². The third-order valence-electron chi connectivity index (χ3n) is 5.94. The number of nitrogen functional groups attached to an aromatic ring is 1. The maximum Gasteiger partial charge on any atom is 0.278 e. The lowest BCUT2D eigenvalue weighted by Gasteiger charge is -2.27. The third-order valence-corrected chi connectivity index (χ3v) is 5.94. The quantitative estimate of drug-likeness (QED) is 0.407. The van der Waals surface area contributed by atoms with E-state index >= 15 is 0 Å². The van der Waals surface area contributed by atoms with Crippen molar-refractivity contribution in [1.29, 1.82) is 0 Å². The van der Waals surface area contributed by atoms with Gasteiger partial charge in [0.1, 0.15) is 23.3 Å². The van der Waals surface area contributed by atoms with Gasteiger partial charge in [-0.25, -0.2) is 4.57 Å². The molecular weight excluding hydrogens is 394 g/mol. The van der Waals surface area contributed by atoms with E-state index in [0.717, 1.165) is 24.8 Å². The number of anilines is 1. The van der Waals surface area contributed by atoms with Crippen molar-refractivity contribution in [2.45, 2.75) is 32.7 Å². The number of piperidine rings is 1. The fraction of sp³-hybridized carbons (Fsp3) is 0.304. The largest absolute Gasteiger partial charge is 0.466 e. The van der Waals surface area contributed by atoms with Crippen molar-refractivity contribution in [2.24, 2.45) is 0 Å². The van der Waals surface area contributed by atoms with E-state index < -0.39 is 0 Å². The summed E-state index contributed by atoms with van der Waals surface area (Å²) in [7, 11) is 0. The van der Waals surface area contributed by atoms with Crippen LogP contribution in [0.4, 0.5) is 5.82 Å². The molecule has 5 rings (SSSR count). The van der Waals surface area contributed by atoms with Crippen LogP contribution in [0.3, 0.4) is 0 Å². The minimum absolute atomic E-state index is 0.152. The molecule has 0 unspecified atom stereocenters. The Labute approximate surface area is 178 Å². The smallest absolute Gasteiger partial charge is 0.278 e. The van der Waals surface area contributed by atoms with Crippen LogP contribution in [0.1, 0.15) is 40.9 Å². The molecule has 0 bridgehead atoms. The molecule has 2 N–H and O–H groups in total. The highest BCUT2D eigenvalue weighted by molar-refractivity contribution is 6.00. The molecule has 31 heavy (non-hydrogen) atoms. The van der Waals surface area contributed by atoms with Crippen LogP contribution in [-0.2, 0) is 6.54 Å². The van der Waals surface area contributed by atoms with Crippen LogP contribution in [-0.4, -0.2) is 33.3 Å². The lowest BCUT2D eigenvalue weighted by molar-refractivity contribution is -0.651.